The molecule has 0 N–H and O–H groups in total. The number of halogens is 2. The summed E-state index contributed by atoms with van der Waals surface area (Å²) in [5, 5.41) is 1.10. The van der Waals surface area contributed by atoms with Crippen molar-refractivity contribution in [1.82, 2.24) is 9.13 Å². The van der Waals surface area contributed by atoms with Crippen molar-refractivity contribution in [2.24, 2.45) is 0 Å². The number of benzene rings is 3. The first-order chi connectivity index (χ1) is 13.5. The summed E-state index contributed by atoms with van der Waals surface area (Å²) in [5.74, 6) is 0. The molecule has 0 bridgehead atoms. The normalized spacial score (nSPS) is 11.1. The summed E-state index contributed by atoms with van der Waals surface area (Å²) in [4.78, 5) is 26.4. The molecule has 1 heterocycles. The van der Waals surface area contributed by atoms with Gasteiger partial charge in [-0.3, -0.25) is 9.36 Å². The number of para-hydroxylation sites is 1. The minimum atomic E-state index is -0.427. The fourth-order valence-electron chi connectivity index (χ4n) is 3.32. The summed E-state index contributed by atoms with van der Waals surface area (Å²) in [6, 6.07) is 19.8. The maximum absolute atomic E-state index is 13.3. The van der Waals surface area contributed by atoms with Gasteiger partial charge in [0, 0.05) is 0 Å². The van der Waals surface area contributed by atoms with Crippen molar-refractivity contribution in [1.29, 1.82) is 0 Å². The summed E-state index contributed by atoms with van der Waals surface area (Å²) in [5.41, 5.74) is 2.24. The molecule has 0 radical (unpaired) electrons. The number of fused-ring (bicyclic) bond motifs is 1. The van der Waals surface area contributed by atoms with E-state index >= 15 is 0 Å². The van der Waals surface area contributed by atoms with Crippen LogP contribution in [-0.4, -0.2) is 9.13 Å². The number of aromatic nitrogens is 2. The van der Waals surface area contributed by atoms with Crippen molar-refractivity contribution in [3.8, 4) is 5.69 Å². The van der Waals surface area contributed by atoms with Gasteiger partial charge in [0.15, 0.2) is 0 Å². The average molecular weight is 411 g/mol. The Morgan fingerprint density at radius 2 is 1.64 bits per heavy atom. The van der Waals surface area contributed by atoms with Crippen molar-refractivity contribution in [3.05, 3.63) is 109 Å². The van der Waals surface area contributed by atoms with E-state index in [1.54, 1.807) is 34.9 Å². The van der Waals surface area contributed by atoms with Gasteiger partial charge in [-0.25, -0.2) is 9.36 Å². The van der Waals surface area contributed by atoms with Crippen LogP contribution in [0.4, 0.5) is 0 Å². The van der Waals surface area contributed by atoms with Crippen LogP contribution in [0.1, 0.15) is 11.1 Å². The number of aryl methyl sites for hydroxylation is 1. The Morgan fingerprint density at radius 1 is 0.857 bits per heavy atom. The second-order valence-electron chi connectivity index (χ2n) is 6.61. The number of hydrogen-bond acceptors (Lipinski definition) is 2. The van der Waals surface area contributed by atoms with Gasteiger partial charge in [-0.05, 0) is 42.8 Å². The highest BCUT2D eigenvalue weighted by Crippen LogP contribution is 2.24. The van der Waals surface area contributed by atoms with Gasteiger partial charge in [0.2, 0.25) is 0 Å². The highest BCUT2D eigenvalue weighted by atomic mass is 35.5. The van der Waals surface area contributed by atoms with E-state index in [1.807, 2.05) is 37.3 Å². The highest BCUT2D eigenvalue weighted by molar-refractivity contribution is 6.42. The molecule has 0 unspecified atom stereocenters. The zero-order valence-corrected chi connectivity index (χ0v) is 16.5. The van der Waals surface area contributed by atoms with Gasteiger partial charge in [0.1, 0.15) is 0 Å². The first kappa shape index (κ1) is 18.5. The summed E-state index contributed by atoms with van der Waals surface area (Å²) in [7, 11) is 0. The first-order valence-electron chi connectivity index (χ1n) is 8.71. The molecule has 140 valence electrons. The summed E-state index contributed by atoms with van der Waals surface area (Å²) < 4.78 is 2.74. The van der Waals surface area contributed by atoms with Crippen LogP contribution in [0.2, 0.25) is 10.0 Å². The molecule has 4 rings (SSSR count). The van der Waals surface area contributed by atoms with Gasteiger partial charge < -0.3 is 0 Å². The molecule has 0 saturated heterocycles. The Hall–Kier alpha value is -2.82. The van der Waals surface area contributed by atoms with Crippen LogP contribution in [0.5, 0.6) is 0 Å². The van der Waals surface area contributed by atoms with E-state index in [0.29, 0.717) is 28.2 Å². The molecule has 3 aromatic carbocycles. The third-order valence-corrected chi connectivity index (χ3v) is 5.37. The zero-order valence-electron chi connectivity index (χ0n) is 15.0. The molecule has 6 heteroatoms. The highest BCUT2D eigenvalue weighted by Gasteiger charge is 2.15. The second kappa shape index (κ2) is 7.30. The molecule has 0 amide bonds. The molecule has 28 heavy (non-hydrogen) atoms. The lowest BCUT2D eigenvalue weighted by molar-refractivity contribution is 0.714. The molecule has 0 saturated carbocycles. The molecule has 0 atom stereocenters. The van der Waals surface area contributed by atoms with Crippen LogP contribution in [0.15, 0.2) is 76.3 Å². The smallest absolute Gasteiger partial charge is 0.288 e. The topological polar surface area (TPSA) is 44.0 Å². The zero-order chi connectivity index (χ0) is 19.8. The summed E-state index contributed by atoms with van der Waals surface area (Å²) >= 11 is 12.1. The lowest BCUT2D eigenvalue weighted by Gasteiger charge is -2.15. The van der Waals surface area contributed by atoms with E-state index in [2.05, 4.69) is 0 Å². The SMILES string of the molecule is Cc1cccc(Cn2c(=O)n(-c3ccc(Cl)c(Cl)c3)c(=O)c3ccccc32)c1. The largest absolute Gasteiger partial charge is 0.336 e. The van der Waals surface area contributed by atoms with Crippen LogP contribution in [-0.2, 0) is 6.54 Å². The van der Waals surface area contributed by atoms with Crippen LogP contribution >= 0.6 is 23.2 Å². The maximum Gasteiger partial charge on any atom is 0.336 e. The van der Waals surface area contributed by atoms with Gasteiger partial charge in [0.25, 0.3) is 5.56 Å². The average Bonchev–Trinajstić information content (AvgIpc) is 2.68. The molecule has 0 aliphatic heterocycles. The predicted molar refractivity (Wildman–Crippen MR) is 114 cm³/mol. The number of hydrogen-bond donors (Lipinski definition) is 0. The minimum absolute atomic E-state index is 0.281. The summed E-state index contributed by atoms with van der Waals surface area (Å²) in [6.07, 6.45) is 0. The van der Waals surface area contributed by atoms with Crippen molar-refractivity contribution in [3.63, 3.8) is 0 Å². The second-order valence-corrected chi connectivity index (χ2v) is 7.43. The van der Waals surface area contributed by atoms with Crippen molar-refractivity contribution in [2.45, 2.75) is 13.5 Å². The Bertz CT molecular complexity index is 1320. The van der Waals surface area contributed by atoms with Gasteiger partial charge in [-0.2, -0.15) is 0 Å². The monoisotopic (exact) mass is 410 g/mol. The standard InChI is InChI=1S/C22H16Cl2N2O2/c1-14-5-4-6-15(11-14)13-25-20-8-3-2-7-17(20)21(27)26(22(25)28)16-9-10-18(23)19(24)12-16/h2-12H,13H2,1H3. The fraction of sp³-hybridized carbons (Fsp3) is 0.0909. The van der Waals surface area contributed by atoms with Crippen LogP contribution in [0.3, 0.4) is 0 Å². The molecule has 4 nitrogen and oxygen atoms in total. The van der Waals surface area contributed by atoms with Crippen LogP contribution in [0.25, 0.3) is 16.6 Å². The quantitative estimate of drug-likeness (QED) is 0.486. The molecule has 1 aromatic heterocycles. The predicted octanol–water partition coefficient (Wildman–Crippen LogP) is 4.82. The van der Waals surface area contributed by atoms with E-state index in [0.717, 1.165) is 15.7 Å². The van der Waals surface area contributed by atoms with Crippen molar-refractivity contribution in [2.75, 3.05) is 0 Å². The molecular weight excluding hydrogens is 395 g/mol. The van der Waals surface area contributed by atoms with E-state index in [9.17, 15) is 9.59 Å². The van der Waals surface area contributed by atoms with E-state index in [-0.39, 0.29) is 10.6 Å². The van der Waals surface area contributed by atoms with Crippen molar-refractivity contribution >= 4 is 34.1 Å². The molecule has 0 aliphatic rings. The van der Waals surface area contributed by atoms with Crippen LogP contribution < -0.4 is 11.2 Å². The van der Waals surface area contributed by atoms with Gasteiger partial charge in [-0.1, -0.05) is 65.2 Å². The Kier molecular flexibility index (Phi) is 4.84. The molecule has 4 aromatic rings. The third kappa shape index (κ3) is 3.26. The lowest BCUT2D eigenvalue weighted by Crippen LogP contribution is -2.39. The van der Waals surface area contributed by atoms with E-state index in [4.69, 9.17) is 23.2 Å². The molecular formula is C22H16Cl2N2O2. The fourth-order valence-corrected chi connectivity index (χ4v) is 3.61. The van der Waals surface area contributed by atoms with E-state index in [1.165, 1.54) is 6.07 Å². The molecule has 0 aliphatic carbocycles. The molecule has 0 spiro atoms. The van der Waals surface area contributed by atoms with E-state index < -0.39 is 5.69 Å². The third-order valence-electron chi connectivity index (χ3n) is 4.64. The van der Waals surface area contributed by atoms with Crippen molar-refractivity contribution < 1.29 is 0 Å². The van der Waals surface area contributed by atoms with Gasteiger partial charge in [-0.15, -0.1) is 0 Å². The molecule has 0 fully saturated rings. The maximum atomic E-state index is 13.3. The van der Waals surface area contributed by atoms with Gasteiger partial charge in [0.05, 0.1) is 33.2 Å². The number of nitrogens with zero attached hydrogens (tertiary/aromatic N) is 2. The lowest BCUT2D eigenvalue weighted by atomic mass is 10.1. The Balaban J connectivity index is 2.03. The Morgan fingerprint density at radius 3 is 2.39 bits per heavy atom. The first-order valence-corrected chi connectivity index (χ1v) is 9.47. The Labute approximate surface area is 171 Å². The summed E-state index contributed by atoms with van der Waals surface area (Å²) in [6.45, 7) is 2.35. The van der Waals surface area contributed by atoms with Crippen LogP contribution in [0, 0.1) is 6.92 Å². The number of rotatable bonds is 3. The minimum Gasteiger partial charge on any atom is -0.288 e. The van der Waals surface area contributed by atoms with Gasteiger partial charge >= 0.3 is 5.69 Å².